The van der Waals surface area contributed by atoms with E-state index in [1.54, 1.807) is 7.05 Å². The van der Waals surface area contributed by atoms with E-state index in [1.165, 1.54) is 4.90 Å². The fraction of sp³-hybridized carbons (Fsp3) is 0.700. The molecule has 1 amide bonds. The average molecular weight is 182 g/mol. The molecule has 0 heterocycles. The zero-order chi connectivity index (χ0) is 10.4. The Morgan fingerprint density at radius 2 is 2.15 bits per heavy atom. The lowest BCUT2D eigenvalue weighted by atomic mass is 10.0. The average Bonchev–Trinajstić information content (AvgIpc) is 2.04. The molecule has 0 bridgehead atoms. The Hall–Kier alpha value is -1.01. The minimum atomic E-state index is -0.0762. The standard InChI is InChI=1S/C10H18N2O/c1-5-6-12(4)10(13)7-9(11)8(2)3/h1,8-9H,6-7,11H2,2-4H3. The molecule has 0 rings (SSSR count). The molecule has 0 saturated heterocycles. The number of carbonyl (C=O) groups excluding carboxylic acids is 1. The van der Waals surface area contributed by atoms with Crippen LogP contribution < -0.4 is 5.73 Å². The molecular formula is C10H18N2O. The van der Waals surface area contributed by atoms with Crippen LogP contribution in [0.5, 0.6) is 0 Å². The number of hydrogen-bond donors (Lipinski definition) is 1. The molecule has 0 aliphatic heterocycles. The molecule has 13 heavy (non-hydrogen) atoms. The monoisotopic (exact) mass is 182 g/mol. The maximum absolute atomic E-state index is 11.4. The van der Waals surface area contributed by atoms with Gasteiger partial charge < -0.3 is 10.6 Å². The van der Waals surface area contributed by atoms with E-state index < -0.39 is 0 Å². The SMILES string of the molecule is C#CCN(C)C(=O)CC(N)C(C)C. The van der Waals surface area contributed by atoms with E-state index in [0.717, 1.165) is 0 Å². The molecule has 0 aromatic heterocycles. The molecule has 0 fully saturated rings. The molecule has 2 N–H and O–H groups in total. The van der Waals surface area contributed by atoms with Gasteiger partial charge in [-0.05, 0) is 5.92 Å². The first kappa shape index (κ1) is 12.0. The van der Waals surface area contributed by atoms with E-state index in [0.29, 0.717) is 18.9 Å². The Morgan fingerprint density at radius 3 is 2.54 bits per heavy atom. The summed E-state index contributed by atoms with van der Waals surface area (Å²) in [6.07, 6.45) is 5.45. The van der Waals surface area contributed by atoms with E-state index in [4.69, 9.17) is 12.2 Å². The van der Waals surface area contributed by atoms with Gasteiger partial charge in [-0.25, -0.2) is 0 Å². The third-order valence-electron chi connectivity index (χ3n) is 2.02. The summed E-state index contributed by atoms with van der Waals surface area (Å²) in [5.74, 6) is 2.75. The van der Waals surface area contributed by atoms with Gasteiger partial charge in [0, 0.05) is 19.5 Å². The lowest BCUT2D eigenvalue weighted by Crippen LogP contribution is -2.36. The summed E-state index contributed by atoms with van der Waals surface area (Å²) in [5.41, 5.74) is 5.75. The number of nitrogens with zero attached hydrogens (tertiary/aromatic N) is 1. The van der Waals surface area contributed by atoms with Crippen molar-refractivity contribution in [1.29, 1.82) is 0 Å². The van der Waals surface area contributed by atoms with E-state index >= 15 is 0 Å². The third-order valence-corrected chi connectivity index (χ3v) is 2.02. The Morgan fingerprint density at radius 1 is 1.62 bits per heavy atom. The number of amides is 1. The Kier molecular flexibility index (Phi) is 5.17. The number of hydrogen-bond acceptors (Lipinski definition) is 2. The smallest absolute Gasteiger partial charge is 0.224 e. The van der Waals surface area contributed by atoms with Gasteiger partial charge in [0.25, 0.3) is 0 Å². The zero-order valence-corrected chi connectivity index (χ0v) is 8.58. The highest BCUT2D eigenvalue weighted by Crippen LogP contribution is 2.04. The van der Waals surface area contributed by atoms with Crippen molar-refractivity contribution in [3.05, 3.63) is 0 Å². The lowest BCUT2D eigenvalue weighted by molar-refractivity contribution is -0.129. The Balaban J connectivity index is 3.94. The zero-order valence-electron chi connectivity index (χ0n) is 8.58. The van der Waals surface area contributed by atoms with Crippen LogP contribution in [-0.2, 0) is 4.79 Å². The maximum Gasteiger partial charge on any atom is 0.224 e. The highest BCUT2D eigenvalue weighted by Gasteiger charge is 2.15. The first-order valence-electron chi connectivity index (χ1n) is 4.42. The molecule has 0 radical (unpaired) electrons. The predicted molar refractivity (Wildman–Crippen MR) is 53.9 cm³/mol. The van der Waals surface area contributed by atoms with E-state index in [1.807, 2.05) is 13.8 Å². The number of rotatable bonds is 4. The van der Waals surface area contributed by atoms with Crippen LogP contribution in [0, 0.1) is 18.3 Å². The molecule has 0 spiro atoms. The van der Waals surface area contributed by atoms with Crippen molar-refractivity contribution in [3.8, 4) is 12.3 Å². The number of carbonyl (C=O) groups is 1. The molecular weight excluding hydrogens is 164 g/mol. The summed E-state index contributed by atoms with van der Waals surface area (Å²) in [6, 6.07) is -0.0762. The second-order valence-corrected chi connectivity index (χ2v) is 3.57. The van der Waals surface area contributed by atoms with Gasteiger partial charge in [-0.15, -0.1) is 6.42 Å². The summed E-state index contributed by atoms with van der Waals surface area (Å²) in [5, 5.41) is 0. The molecule has 0 aromatic rings. The highest BCUT2D eigenvalue weighted by molar-refractivity contribution is 5.76. The van der Waals surface area contributed by atoms with Crippen LogP contribution in [0.25, 0.3) is 0 Å². The Labute approximate surface area is 80.3 Å². The van der Waals surface area contributed by atoms with Gasteiger partial charge >= 0.3 is 0 Å². The van der Waals surface area contributed by atoms with Crippen LogP contribution >= 0.6 is 0 Å². The minimum absolute atomic E-state index is 0.0131. The van der Waals surface area contributed by atoms with Crippen molar-refractivity contribution in [3.63, 3.8) is 0 Å². The molecule has 3 nitrogen and oxygen atoms in total. The van der Waals surface area contributed by atoms with Crippen molar-refractivity contribution in [2.24, 2.45) is 11.7 Å². The first-order chi connectivity index (χ1) is 5.99. The Bertz CT molecular complexity index is 205. The van der Waals surface area contributed by atoms with E-state index in [2.05, 4.69) is 5.92 Å². The molecule has 3 heteroatoms. The first-order valence-corrected chi connectivity index (χ1v) is 4.42. The highest BCUT2D eigenvalue weighted by atomic mass is 16.2. The van der Waals surface area contributed by atoms with Gasteiger partial charge in [-0.2, -0.15) is 0 Å². The fourth-order valence-electron chi connectivity index (χ4n) is 0.818. The third kappa shape index (κ3) is 4.54. The van der Waals surface area contributed by atoms with Crippen LogP contribution in [0.2, 0.25) is 0 Å². The second kappa shape index (κ2) is 5.60. The van der Waals surface area contributed by atoms with E-state index in [9.17, 15) is 4.79 Å². The summed E-state index contributed by atoms with van der Waals surface area (Å²) >= 11 is 0. The normalized spacial score (nSPS) is 12.3. The summed E-state index contributed by atoms with van der Waals surface area (Å²) < 4.78 is 0. The molecule has 1 atom stereocenters. The van der Waals surface area contributed by atoms with Crippen molar-refractivity contribution in [2.75, 3.05) is 13.6 Å². The van der Waals surface area contributed by atoms with E-state index in [-0.39, 0.29) is 11.9 Å². The largest absolute Gasteiger partial charge is 0.335 e. The van der Waals surface area contributed by atoms with Gasteiger partial charge in [0.1, 0.15) is 0 Å². The van der Waals surface area contributed by atoms with Crippen molar-refractivity contribution < 1.29 is 4.79 Å². The summed E-state index contributed by atoms with van der Waals surface area (Å²) in [4.78, 5) is 12.9. The van der Waals surface area contributed by atoms with Crippen molar-refractivity contribution in [2.45, 2.75) is 26.3 Å². The summed E-state index contributed by atoms with van der Waals surface area (Å²) in [6.45, 7) is 4.35. The maximum atomic E-state index is 11.4. The topological polar surface area (TPSA) is 46.3 Å². The number of terminal acetylenes is 1. The van der Waals surface area contributed by atoms with Crippen molar-refractivity contribution in [1.82, 2.24) is 4.90 Å². The molecule has 0 aliphatic rings. The number of nitrogens with two attached hydrogens (primary N) is 1. The predicted octanol–water partition coefficient (Wildman–Crippen LogP) is 0.451. The molecule has 0 aromatic carbocycles. The van der Waals surface area contributed by atoms with Gasteiger partial charge in [-0.1, -0.05) is 19.8 Å². The molecule has 74 valence electrons. The van der Waals surface area contributed by atoms with Gasteiger partial charge in [0.2, 0.25) is 5.91 Å². The van der Waals surface area contributed by atoms with Crippen LogP contribution in [0.4, 0.5) is 0 Å². The van der Waals surface area contributed by atoms with Gasteiger partial charge in [-0.3, -0.25) is 4.79 Å². The van der Waals surface area contributed by atoms with Gasteiger partial charge in [0.15, 0.2) is 0 Å². The molecule has 0 aliphatic carbocycles. The fourth-order valence-corrected chi connectivity index (χ4v) is 0.818. The second-order valence-electron chi connectivity index (χ2n) is 3.57. The molecule has 1 unspecified atom stereocenters. The summed E-state index contributed by atoms with van der Waals surface area (Å²) in [7, 11) is 1.69. The van der Waals surface area contributed by atoms with Gasteiger partial charge in [0.05, 0.1) is 6.54 Å². The van der Waals surface area contributed by atoms with Crippen LogP contribution in [0.15, 0.2) is 0 Å². The van der Waals surface area contributed by atoms with Crippen molar-refractivity contribution >= 4 is 5.91 Å². The van der Waals surface area contributed by atoms with Crippen LogP contribution in [0.3, 0.4) is 0 Å². The quantitative estimate of drug-likeness (QED) is 0.642. The van der Waals surface area contributed by atoms with Crippen LogP contribution in [0.1, 0.15) is 20.3 Å². The minimum Gasteiger partial charge on any atom is -0.335 e. The molecule has 0 saturated carbocycles. The lowest BCUT2D eigenvalue weighted by Gasteiger charge is -2.19. The van der Waals surface area contributed by atoms with Crippen LogP contribution in [-0.4, -0.2) is 30.4 Å².